The van der Waals surface area contributed by atoms with Gasteiger partial charge in [0.2, 0.25) is 10.0 Å². The molecular formula is C17H22N4O2S. The molecule has 3 aromatic rings. The predicted octanol–water partition coefficient (Wildman–Crippen LogP) is 2.52. The zero-order valence-corrected chi connectivity index (χ0v) is 14.9. The van der Waals surface area contributed by atoms with Gasteiger partial charge in [-0.2, -0.15) is 5.10 Å². The van der Waals surface area contributed by atoms with E-state index in [1.165, 1.54) is 5.56 Å². The smallest absolute Gasteiger partial charge is 0.243 e. The lowest BCUT2D eigenvalue weighted by molar-refractivity contribution is 0.581. The average molecular weight is 346 g/mol. The van der Waals surface area contributed by atoms with Gasteiger partial charge in [0.05, 0.1) is 5.69 Å². The van der Waals surface area contributed by atoms with E-state index in [-0.39, 0.29) is 4.90 Å². The maximum absolute atomic E-state index is 12.5. The highest BCUT2D eigenvalue weighted by Gasteiger charge is 2.19. The lowest BCUT2D eigenvalue weighted by atomic mass is 10.1. The van der Waals surface area contributed by atoms with Gasteiger partial charge in [-0.3, -0.25) is 4.68 Å². The van der Waals surface area contributed by atoms with Crippen LogP contribution in [0, 0.1) is 13.8 Å². The molecule has 6 nitrogen and oxygen atoms in total. The van der Waals surface area contributed by atoms with Crippen LogP contribution in [-0.2, 0) is 23.0 Å². The first-order chi connectivity index (χ1) is 11.4. The van der Waals surface area contributed by atoms with Gasteiger partial charge >= 0.3 is 0 Å². The summed E-state index contributed by atoms with van der Waals surface area (Å²) in [6.07, 6.45) is 4.15. The van der Waals surface area contributed by atoms with Crippen molar-refractivity contribution in [2.75, 3.05) is 6.54 Å². The number of hydrogen-bond donors (Lipinski definition) is 2. The summed E-state index contributed by atoms with van der Waals surface area (Å²) in [5, 5.41) is 5.34. The zero-order chi connectivity index (χ0) is 17.3. The number of aromatic nitrogens is 3. The van der Waals surface area contributed by atoms with E-state index in [0.29, 0.717) is 25.2 Å². The van der Waals surface area contributed by atoms with Crippen molar-refractivity contribution < 1.29 is 8.42 Å². The Hall–Kier alpha value is -2.12. The zero-order valence-electron chi connectivity index (χ0n) is 14.1. The van der Waals surface area contributed by atoms with Crippen molar-refractivity contribution in [1.82, 2.24) is 19.5 Å². The van der Waals surface area contributed by atoms with Crippen LogP contribution in [0.15, 0.2) is 35.5 Å². The molecule has 0 atom stereocenters. The van der Waals surface area contributed by atoms with Crippen molar-refractivity contribution in [2.24, 2.45) is 0 Å². The number of rotatable bonds is 6. The average Bonchev–Trinajstić information content (AvgIpc) is 3.11. The molecule has 0 bridgehead atoms. The number of aryl methyl sites for hydroxylation is 3. The first kappa shape index (κ1) is 16.7. The molecule has 7 heteroatoms. The van der Waals surface area contributed by atoms with E-state index in [4.69, 9.17) is 0 Å². The molecule has 2 aromatic heterocycles. The Morgan fingerprint density at radius 1 is 1.29 bits per heavy atom. The molecule has 0 fully saturated rings. The van der Waals surface area contributed by atoms with Gasteiger partial charge in [-0.15, -0.1) is 0 Å². The number of benzene rings is 1. The standard InChI is InChI=1S/C17H22N4O2S/c1-4-21-11-17(13(3)20-21)24(22,23)19-8-7-14-10-18-16-6-5-12(2)9-15(14)16/h5-6,9-11,18-19H,4,7-8H2,1-3H3. The molecule has 0 saturated heterocycles. The fraction of sp³-hybridized carbons (Fsp3) is 0.353. The van der Waals surface area contributed by atoms with Crippen LogP contribution in [-0.4, -0.2) is 29.7 Å². The molecule has 0 radical (unpaired) electrons. The van der Waals surface area contributed by atoms with Gasteiger partial charge in [0.15, 0.2) is 0 Å². The van der Waals surface area contributed by atoms with Crippen LogP contribution in [0.4, 0.5) is 0 Å². The van der Waals surface area contributed by atoms with Crippen molar-refractivity contribution in [2.45, 2.75) is 38.6 Å². The van der Waals surface area contributed by atoms with Crippen LogP contribution >= 0.6 is 0 Å². The second-order valence-electron chi connectivity index (χ2n) is 5.95. The van der Waals surface area contributed by atoms with E-state index in [9.17, 15) is 8.42 Å². The summed E-state index contributed by atoms with van der Waals surface area (Å²) in [6, 6.07) is 6.21. The molecule has 0 aliphatic rings. The molecule has 2 heterocycles. The highest BCUT2D eigenvalue weighted by molar-refractivity contribution is 7.89. The Kier molecular flexibility index (Phi) is 4.47. The molecule has 0 amide bonds. The molecule has 0 saturated carbocycles. The van der Waals surface area contributed by atoms with Crippen LogP contribution in [0.3, 0.4) is 0 Å². The Bertz CT molecular complexity index is 970. The molecule has 3 rings (SSSR count). The largest absolute Gasteiger partial charge is 0.361 e. The van der Waals surface area contributed by atoms with Crippen LogP contribution in [0.1, 0.15) is 23.7 Å². The first-order valence-electron chi connectivity index (χ1n) is 8.01. The molecule has 0 unspecified atom stereocenters. The molecule has 0 aliphatic carbocycles. The minimum atomic E-state index is -3.54. The molecule has 128 valence electrons. The van der Waals surface area contributed by atoms with Crippen molar-refractivity contribution in [1.29, 1.82) is 0 Å². The van der Waals surface area contributed by atoms with Crippen LogP contribution in [0.2, 0.25) is 0 Å². The second-order valence-corrected chi connectivity index (χ2v) is 7.68. The molecule has 2 N–H and O–H groups in total. The minimum absolute atomic E-state index is 0.249. The molecule has 0 aliphatic heterocycles. The normalized spacial score (nSPS) is 12.1. The monoisotopic (exact) mass is 346 g/mol. The van der Waals surface area contributed by atoms with Crippen molar-refractivity contribution in [3.05, 3.63) is 47.4 Å². The van der Waals surface area contributed by atoms with Gasteiger partial charge in [0, 0.05) is 36.4 Å². The Morgan fingerprint density at radius 2 is 2.08 bits per heavy atom. The third-order valence-corrected chi connectivity index (χ3v) is 5.69. The lowest BCUT2D eigenvalue weighted by Crippen LogP contribution is -2.26. The summed E-state index contributed by atoms with van der Waals surface area (Å²) in [5.41, 5.74) is 3.88. The molecule has 1 aromatic carbocycles. The summed E-state index contributed by atoms with van der Waals surface area (Å²) in [5.74, 6) is 0. The third kappa shape index (κ3) is 3.22. The molecule has 24 heavy (non-hydrogen) atoms. The van der Waals surface area contributed by atoms with Crippen LogP contribution < -0.4 is 4.72 Å². The fourth-order valence-corrected chi connectivity index (χ4v) is 4.04. The maximum Gasteiger partial charge on any atom is 0.243 e. The highest BCUT2D eigenvalue weighted by Crippen LogP contribution is 2.20. The van der Waals surface area contributed by atoms with Gasteiger partial charge in [-0.05, 0) is 44.9 Å². The van der Waals surface area contributed by atoms with Crippen LogP contribution in [0.25, 0.3) is 10.9 Å². The summed E-state index contributed by atoms with van der Waals surface area (Å²) in [4.78, 5) is 3.47. The minimum Gasteiger partial charge on any atom is -0.361 e. The number of nitrogens with one attached hydrogen (secondary N) is 2. The lowest BCUT2D eigenvalue weighted by Gasteiger charge is -2.05. The SMILES string of the molecule is CCn1cc(S(=O)(=O)NCCc2c[nH]c3ccc(C)cc23)c(C)n1. The van der Waals surface area contributed by atoms with Crippen molar-refractivity contribution in [3.8, 4) is 0 Å². The number of H-pyrrole nitrogens is 1. The van der Waals surface area contributed by atoms with Gasteiger partial charge in [0.25, 0.3) is 0 Å². The number of nitrogens with zero attached hydrogens (tertiary/aromatic N) is 2. The molecule has 0 spiro atoms. The summed E-state index contributed by atoms with van der Waals surface area (Å²) in [6.45, 7) is 6.68. The van der Waals surface area contributed by atoms with Crippen molar-refractivity contribution in [3.63, 3.8) is 0 Å². The van der Waals surface area contributed by atoms with E-state index in [1.54, 1.807) is 17.8 Å². The van der Waals surface area contributed by atoms with Gasteiger partial charge in [-0.25, -0.2) is 13.1 Å². The Balaban J connectivity index is 1.72. The number of sulfonamides is 1. The Labute approximate surface area is 141 Å². The van der Waals surface area contributed by atoms with E-state index < -0.39 is 10.0 Å². The van der Waals surface area contributed by atoms with E-state index in [0.717, 1.165) is 16.5 Å². The predicted molar refractivity (Wildman–Crippen MR) is 94.6 cm³/mol. The number of aromatic amines is 1. The quantitative estimate of drug-likeness (QED) is 0.720. The van der Waals surface area contributed by atoms with Gasteiger partial charge in [0.1, 0.15) is 4.90 Å². The van der Waals surface area contributed by atoms with Gasteiger partial charge in [-0.1, -0.05) is 11.6 Å². The van der Waals surface area contributed by atoms with E-state index in [2.05, 4.69) is 26.9 Å². The highest BCUT2D eigenvalue weighted by atomic mass is 32.2. The summed E-state index contributed by atoms with van der Waals surface area (Å²) < 4.78 is 29.2. The van der Waals surface area contributed by atoms with Gasteiger partial charge < -0.3 is 4.98 Å². The topological polar surface area (TPSA) is 79.8 Å². The second kappa shape index (κ2) is 6.41. The van der Waals surface area contributed by atoms with Crippen LogP contribution in [0.5, 0.6) is 0 Å². The number of fused-ring (bicyclic) bond motifs is 1. The summed E-state index contributed by atoms with van der Waals surface area (Å²) >= 11 is 0. The van der Waals surface area contributed by atoms with E-state index in [1.807, 2.05) is 26.1 Å². The summed E-state index contributed by atoms with van der Waals surface area (Å²) in [7, 11) is -3.54. The first-order valence-corrected chi connectivity index (χ1v) is 9.49. The maximum atomic E-state index is 12.5. The molecular weight excluding hydrogens is 324 g/mol. The van der Waals surface area contributed by atoms with Crippen molar-refractivity contribution >= 4 is 20.9 Å². The van der Waals surface area contributed by atoms with E-state index >= 15 is 0 Å². The Morgan fingerprint density at radius 3 is 2.79 bits per heavy atom. The third-order valence-electron chi connectivity index (χ3n) is 4.12. The number of hydrogen-bond acceptors (Lipinski definition) is 3. The fourth-order valence-electron chi connectivity index (χ4n) is 2.82.